The molecule has 1 N–H and O–H groups in total. The maximum Gasteiger partial charge on any atom is 0.322 e. The molecule has 1 saturated carbocycles. The van der Waals surface area contributed by atoms with E-state index in [-0.39, 0.29) is 6.03 Å². The smallest absolute Gasteiger partial charge is 0.322 e. The summed E-state index contributed by atoms with van der Waals surface area (Å²) >= 11 is 0. The molecule has 2 amide bonds. The second-order valence-electron chi connectivity index (χ2n) is 8.35. The summed E-state index contributed by atoms with van der Waals surface area (Å²) in [5.74, 6) is 0.838. The van der Waals surface area contributed by atoms with Gasteiger partial charge in [0, 0.05) is 53.9 Å². The first-order chi connectivity index (χ1) is 13.6. The topological polar surface area (TPSA) is 37.3 Å². The van der Waals surface area contributed by atoms with Crippen LogP contribution < -0.4 is 5.32 Å². The fourth-order valence-electron chi connectivity index (χ4n) is 4.42. The van der Waals surface area contributed by atoms with E-state index in [1.807, 2.05) is 17.0 Å². The van der Waals surface area contributed by atoms with Gasteiger partial charge in [-0.15, -0.1) is 0 Å². The van der Waals surface area contributed by atoms with E-state index in [2.05, 4.69) is 54.1 Å². The Bertz CT molecular complexity index is 1060. The molecule has 4 heteroatoms. The summed E-state index contributed by atoms with van der Waals surface area (Å²) in [6.07, 6.45) is 3.63. The van der Waals surface area contributed by atoms with Crippen molar-refractivity contribution in [2.45, 2.75) is 46.2 Å². The SMILES string of the molecule is Cc1cccc(NC(=O)N2CCc3c(c4ccccc4n3CC3CC3)C2)c1C. The van der Waals surface area contributed by atoms with Crippen molar-refractivity contribution in [1.29, 1.82) is 0 Å². The number of urea groups is 1. The fourth-order valence-corrected chi connectivity index (χ4v) is 4.42. The maximum absolute atomic E-state index is 13.0. The van der Waals surface area contributed by atoms with Crippen molar-refractivity contribution < 1.29 is 4.79 Å². The molecule has 144 valence electrons. The Kier molecular flexibility index (Phi) is 4.15. The van der Waals surface area contributed by atoms with Gasteiger partial charge < -0.3 is 14.8 Å². The van der Waals surface area contributed by atoms with E-state index >= 15 is 0 Å². The lowest BCUT2D eigenvalue weighted by Crippen LogP contribution is -2.39. The zero-order valence-electron chi connectivity index (χ0n) is 16.7. The Morgan fingerprint density at radius 3 is 2.75 bits per heavy atom. The van der Waals surface area contributed by atoms with Gasteiger partial charge in [0.1, 0.15) is 0 Å². The zero-order valence-corrected chi connectivity index (χ0v) is 16.7. The van der Waals surface area contributed by atoms with Crippen molar-refractivity contribution in [2.24, 2.45) is 5.92 Å². The average molecular weight is 374 g/mol. The molecule has 0 unspecified atom stereocenters. The number of nitrogens with zero attached hydrogens (tertiary/aromatic N) is 2. The van der Waals surface area contributed by atoms with Crippen LogP contribution in [0.15, 0.2) is 42.5 Å². The lowest BCUT2D eigenvalue weighted by Gasteiger charge is -2.29. The summed E-state index contributed by atoms with van der Waals surface area (Å²) in [7, 11) is 0. The van der Waals surface area contributed by atoms with Gasteiger partial charge in [-0.25, -0.2) is 4.79 Å². The number of para-hydroxylation sites is 1. The van der Waals surface area contributed by atoms with Gasteiger partial charge in [0.25, 0.3) is 0 Å². The third-order valence-electron chi connectivity index (χ3n) is 6.43. The molecule has 1 aliphatic carbocycles. The van der Waals surface area contributed by atoms with Gasteiger partial charge in [-0.05, 0) is 55.9 Å². The molecular weight excluding hydrogens is 346 g/mol. The van der Waals surface area contributed by atoms with E-state index in [1.54, 1.807) is 0 Å². The first-order valence-electron chi connectivity index (χ1n) is 10.3. The van der Waals surface area contributed by atoms with Gasteiger partial charge in [0.05, 0.1) is 0 Å². The average Bonchev–Trinajstić information content (AvgIpc) is 3.48. The first kappa shape index (κ1) is 17.4. The zero-order chi connectivity index (χ0) is 19.3. The highest BCUT2D eigenvalue weighted by Gasteiger charge is 2.29. The molecular formula is C24H27N3O. The van der Waals surface area contributed by atoms with E-state index in [9.17, 15) is 4.79 Å². The number of aromatic nitrogens is 1. The van der Waals surface area contributed by atoms with Gasteiger partial charge in [0.2, 0.25) is 0 Å². The fraction of sp³-hybridized carbons (Fsp3) is 0.375. The molecule has 4 nitrogen and oxygen atoms in total. The Hall–Kier alpha value is -2.75. The summed E-state index contributed by atoms with van der Waals surface area (Å²) < 4.78 is 2.53. The Morgan fingerprint density at radius 1 is 1.11 bits per heavy atom. The number of nitrogens with one attached hydrogen (secondary N) is 1. The normalized spacial score (nSPS) is 16.3. The van der Waals surface area contributed by atoms with Gasteiger partial charge in [-0.2, -0.15) is 0 Å². The van der Waals surface area contributed by atoms with Crippen LogP contribution in [0.2, 0.25) is 0 Å². The second-order valence-corrected chi connectivity index (χ2v) is 8.35. The van der Waals surface area contributed by atoms with Crippen LogP contribution in [0, 0.1) is 19.8 Å². The summed E-state index contributed by atoms with van der Waals surface area (Å²) in [4.78, 5) is 14.9. The maximum atomic E-state index is 13.0. The molecule has 3 aromatic rings. The van der Waals surface area contributed by atoms with Crippen molar-refractivity contribution in [3.8, 4) is 0 Å². The summed E-state index contributed by atoms with van der Waals surface area (Å²) in [5, 5.41) is 4.44. The number of hydrogen-bond donors (Lipinski definition) is 1. The molecule has 2 aromatic carbocycles. The predicted octanol–water partition coefficient (Wildman–Crippen LogP) is 5.26. The quantitative estimate of drug-likeness (QED) is 0.668. The molecule has 0 saturated heterocycles. The number of aryl methyl sites for hydroxylation is 1. The number of amides is 2. The second kappa shape index (κ2) is 6.69. The monoisotopic (exact) mass is 373 g/mol. The summed E-state index contributed by atoms with van der Waals surface area (Å²) in [6.45, 7) is 6.72. The molecule has 0 atom stereocenters. The standard InChI is InChI=1S/C24H27N3O/c1-16-6-5-8-21(17(16)2)25-24(28)26-13-12-23-20(15-26)19-7-3-4-9-22(19)27(23)14-18-10-11-18/h3-9,18H,10-15H2,1-2H3,(H,25,28). The number of carbonyl (C=O) groups excluding carboxylic acids is 1. The number of benzene rings is 2. The Morgan fingerprint density at radius 2 is 1.93 bits per heavy atom. The van der Waals surface area contributed by atoms with Crippen LogP contribution in [0.1, 0.15) is 35.2 Å². The number of hydrogen-bond acceptors (Lipinski definition) is 1. The van der Waals surface area contributed by atoms with Crippen molar-refractivity contribution in [1.82, 2.24) is 9.47 Å². The van der Waals surface area contributed by atoms with Crippen LogP contribution in [-0.2, 0) is 19.5 Å². The van der Waals surface area contributed by atoms with E-state index in [1.165, 1.54) is 40.6 Å². The first-order valence-corrected chi connectivity index (χ1v) is 10.3. The van der Waals surface area contributed by atoms with Crippen LogP contribution in [-0.4, -0.2) is 22.0 Å². The lowest BCUT2D eigenvalue weighted by molar-refractivity contribution is 0.206. The molecule has 0 bridgehead atoms. The minimum atomic E-state index is -0.00151. The third kappa shape index (κ3) is 2.97. The van der Waals surface area contributed by atoms with Gasteiger partial charge in [-0.1, -0.05) is 30.3 Å². The highest BCUT2D eigenvalue weighted by molar-refractivity contribution is 5.92. The highest BCUT2D eigenvalue weighted by Crippen LogP contribution is 2.36. The van der Waals surface area contributed by atoms with E-state index in [0.29, 0.717) is 6.54 Å². The van der Waals surface area contributed by atoms with Gasteiger partial charge in [0.15, 0.2) is 0 Å². The van der Waals surface area contributed by atoms with Crippen LogP contribution in [0.4, 0.5) is 10.5 Å². The predicted molar refractivity (Wildman–Crippen MR) is 114 cm³/mol. The van der Waals surface area contributed by atoms with Crippen molar-refractivity contribution >= 4 is 22.6 Å². The molecule has 0 radical (unpaired) electrons. The molecule has 2 heterocycles. The molecule has 5 rings (SSSR count). The van der Waals surface area contributed by atoms with Gasteiger partial charge >= 0.3 is 6.03 Å². The van der Waals surface area contributed by atoms with E-state index in [0.717, 1.165) is 36.7 Å². The number of carbonyl (C=O) groups is 1. The van der Waals surface area contributed by atoms with Crippen LogP contribution >= 0.6 is 0 Å². The Balaban J connectivity index is 1.43. The number of anilines is 1. The molecule has 1 fully saturated rings. The van der Waals surface area contributed by atoms with Gasteiger partial charge in [-0.3, -0.25) is 0 Å². The largest absolute Gasteiger partial charge is 0.344 e. The van der Waals surface area contributed by atoms with E-state index in [4.69, 9.17) is 0 Å². The molecule has 1 aromatic heterocycles. The molecule has 28 heavy (non-hydrogen) atoms. The third-order valence-corrected chi connectivity index (χ3v) is 6.43. The summed E-state index contributed by atoms with van der Waals surface area (Å²) in [5.41, 5.74) is 7.34. The highest BCUT2D eigenvalue weighted by atomic mass is 16.2. The minimum Gasteiger partial charge on any atom is -0.344 e. The number of fused-ring (bicyclic) bond motifs is 3. The Labute approximate surface area is 166 Å². The minimum absolute atomic E-state index is 0.00151. The lowest BCUT2D eigenvalue weighted by atomic mass is 10.0. The molecule has 2 aliphatic rings. The van der Waals surface area contributed by atoms with Crippen LogP contribution in [0.25, 0.3) is 10.9 Å². The van der Waals surface area contributed by atoms with Crippen molar-refractivity contribution in [2.75, 3.05) is 11.9 Å². The van der Waals surface area contributed by atoms with Crippen LogP contribution in [0.3, 0.4) is 0 Å². The molecule has 1 aliphatic heterocycles. The van der Waals surface area contributed by atoms with Crippen molar-refractivity contribution in [3.63, 3.8) is 0 Å². The summed E-state index contributed by atoms with van der Waals surface area (Å²) in [6, 6.07) is 14.7. The molecule has 0 spiro atoms. The van der Waals surface area contributed by atoms with Crippen LogP contribution in [0.5, 0.6) is 0 Å². The number of rotatable bonds is 3. The van der Waals surface area contributed by atoms with Crippen molar-refractivity contribution in [3.05, 3.63) is 64.8 Å². The van der Waals surface area contributed by atoms with E-state index < -0.39 is 0 Å².